The van der Waals surface area contributed by atoms with E-state index in [1.807, 2.05) is 0 Å². The third-order valence-corrected chi connectivity index (χ3v) is 1.70. The Hall–Kier alpha value is -1.34. The van der Waals surface area contributed by atoms with E-state index in [2.05, 4.69) is 10.7 Å². The molecule has 0 heterocycles. The van der Waals surface area contributed by atoms with Crippen molar-refractivity contribution in [1.29, 1.82) is 0 Å². The molecule has 0 aliphatic heterocycles. The summed E-state index contributed by atoms with van der Waals surface area (Å²) in [6, 6.07) is -0.749. The lowest BCUT2D eigenvalue weighted by Crippen LogP contribution is -2.83. The number of carboxylic acid groups (broad SMARTS) is 1. The summed E-state index contributed by atoms with van der Waals surface area (Å²) in [5.41, 5.74) is 13.5. The number of hydrogen-bond donors (Lipinski definition) is 5. The zero-order valence-electron chi connectivity index (χ0n) is 7.90. The summed E-state index contributed by atoms with van der Waals surface area (Å²) in [7, 11) is 0. The molecule has 82 valence electrons. The van der Waals surface area contributed by atoms with Crippen LogP contribution in [-0.4, -0.2) is 29.3 Å². The molecule has 0 rings (SSSR count). The first kappa shape index (κ1) is 12.7. The Labute approximate surface area is 81.6 Å². The topological polar surface area (TPSA) is 154 Å². The number of carbonyl (C=O) groups excluding carboxylic acids is 1. The molecule has 7 nitrogen and oxygen atoms in total. The van der Waals surface area contributed by atoms with Crippen molar-refractivity contribution in [2.45, 2.75) is 31.5 Å². The van der Waals surface area contributed by atoms with Crippen LogP contribution in [0.25, 0.3) is 0 Å². The first-order chi connectivity index (χ1) is 6.43. The predicted molar refractivity (Wildman–Crippen MR) is 45.9 cm³/mol. The molecular formula is C7H17N4O3+. The van der Waals surface area contributed by atoms with Gasteiger partial charge in [0.2, 0.25) is 0 Å². The van der Waals surface area contributed by atoms with Gasteiger partial charge in [-0.3, -0.25) is 16.5 Å². The van der Waals surface area contributed by atoms with Gasteiger partial charge in [0.15, 0.2) is 6.23 Å². The van der Waals surface area contributed by atoms with Crippen molar-refractivity contribution in [1.82, 2.24) is 0 Å². The molecule has 0 aliphatic carbocycles. The number of aliphatic hydroxyl groups excluding tert-OH is 1. The molecule has 0 aromatic heterocycles. The zero-order chi connectivity index (χ0) is 11.1. The highest BCUT2D eigenvalue weighted by Crippen LogP contribution is 1.97. The van der Waals surface area contributed by atoms with Crippen LogP contribution in [0.15, 0.2) is 0 Å². The molecule has 0 fully saturated rings. The maximum Gasteiger partial charge on any atom is 0.340 e. The summed E-state index contributed by atoms with van der Waals surface area (Å²) in [6.07, 6.45) is 0.362. The smallest absolute Gasteiger partial charge is 0.340 e. The highest BCUT2D eigenvalue weighted by atomic mass is 16.4. The van der Waals surface area contributed by atoms with Crippen molar-refractivity contribution in [2.75, 3.05) is 0 Å². The Morgan fingerprint density at radius 2 is 2.07 bits per heavy atom. The van der Waals surface area contributed by atoms with Crippen molar-refractivity contribution in [2.24, 2.45) is 11.5 Å². The fraction of sp³-hybridized carbons (Fsp3) is 0.714. The number of nitrogens with two attached hydrogens (primary N) is 2. The Balaban J connectivity index is 3.64. The van der Waals surface area contributed by atoms with Gasteiger partial charge in [-0.25, -0.2) is 0 Å². The molecule has 0 amide bonds. The number of aliphatic hydroxyl groups is 1. The summed E-state index contributed by atoms with van der Waals surface area (Å²) < 4.78 is 0. The number of quaternary nitrogens is 1. The highest BCUT2D eigenvalue weighted by Gasteiger charge is 2.09. The van der Waals surface area contributed by atoms with Crippen LogP contribution in [0.2, 0.25) is 0 Å². The zero-order valence-corrected chi connectivity index (χ0v) is 7.90. The van der Waals surface area contributed by atoms with Gasteiger partial charge in [-0.2, -0.15) is 0 Å². The highest BCUT2D eigenvalue weighted by molar-refractivity contribution is 5.69. The van der Waals surface area contributed by atoms with Crippen LogP contribution < -0.4 is 27.3 Å². The Morgan fingerprint density at radius 3 is 2.50 bits per heavy atom. The number of carboxylic acids is 1. The van der Waals surface area contributed by atoms with Crippen LogP contribution >= 0.6 is 0 Å². The summed E-state index contributed by atoms with van der Waals surface area (Å²) in [4.78, 5) is 12.6. The van der Waals surface area contributed by atoms with Crippen molar-refractivity contribution in [3.63, 3.8) is 0 Å². The number of hydrogen-bond acceptors (Lipinski definition) is 3. The molecule has 0 saturated heterocycles. The first-order valence-electron chi connectivity index (χ1n) is 4.30. The van der Waals surface area contributed by atoms with Gasteiger partial charge in [0.05, 0.1) is 5.97 Å². The van der Waals surface area contributed by atoms with Crippen molar-refractivity contribution in [3.05, 3.63) is 0 Å². The van der Waals surface area contributed by atoms with E-state index in [1.54, 1.807) is 0 Å². The van der Waals surface area contributed by atoms with Crippen LogP contribution in [-0.2, 0) is 4.79 Å². The van der Waals surface area contributed by atoms with E-state index in [0.717, 1.165) is 0 Å². The summed E-state index contributed by atoms with van der Waals surface area (Å²) in [6.45, 7) is 0. The maximum atomic E-state index is 10.3. The average Bonchev–Trinajstić information content (AvgIpc) is 2.02. The fourth-order valence-corrected chi connectivity index (χ4v) is 0.940. The average molecular weight is 205 g/mol. The summed E-state index contributed by atoms with van der Waals surface area (Å²) >= 11 is 0. The Morgan fingerprint density at radius 1 is 1.50 bits per heavy atom. The van der Waals surface area contributed by atoms with E-state index in [0.29, 0.717) is 19.3 Å². The van der Waals surface area contributed by atoms with Gasteiger partial charge in [0.1, 0.15) is 6.04 Å². The molecule has 0 saturated carbocycles. The first-order valence-corrected chi connectivity index (χ1v) is 4.30. The SMILES string of the molecule is NC(N)=[NH+]C(O)CCC[C@H]([NH3+])C(=O)[O-]. The molecule has 1 unspecified atom stereocenters. The Kier molecular flexibility index (Phi) is 5.58. The van der Waals surface area contributed by atoms with Crippen LogP contribution in [0.3, 0.4) is 0 Å². The molecule has 0 aromatic carbocycles. The number of guanidine groups is 1. The lowest BCUT2D eigenvalue weighted by molar-refractivity contribution is -0.558. The van der Waals surface area contributed by atoms with Gasteiger partial charge in [-0.05, 0) is 6.42 Å². The lowest BCUT2D eigenvalue weighted by Gasteiger charge is -2.09. The molecule has 0 bridgehead atoms. The second kappa shape index (κ2) is 6.17. The van der Waals surface area contributed by atoms with E-state index in [-0.39, 0.29) is 5.96 Å². The lowest BCUT2D eigenvalue weighted by atomic mass is 10.1. The largest absolute Gasteiger partial charge is 0.544 e. The number of rotatable bonds is 6. The molecule has 9 N–H and O–H groups in total. The van der Waals surface area contributed by atoms with Gasteiger partial charge < -0.3 is 20.7 Å². The monoisotopic (exact) mass is 205 g/mol. The molecule has 0 spiro atoms. The van der Waals surface area contributed by atoms with Crippen LogP contribution in [0, 0.1) is 0 Å². The van der Waals surface area contributed by atoms with Crippen LogP contribution in [0.5, 0.6) is 0 Å². The maximum absolute atomic E-state index is 10.3. The number of carbonyl (C=O) groups is 1. The van der Waals surface area contributed by atoms with Crippen molar-refractivity contribution >= 4 is 11.9 Å². The van der Waals surface area contributed by atoms with Crippen molar-refractivity contribution < 1.29 is 25.7 Å². The van der Waals surface area contributed by atoms with Crippen molar-refractivity contribution in [3.8, 4) is 0 Å². The van der Waals surface area contributed by atoms with Crippen LogP contribution in [0.1, 0.15) is 19.3 Å². The van der Waals surface area contributed by atoms with Gasteiger partial charge in [-0.1, -0.05) is 0 Å². The van der Waals surface area contributed by atoms with E-state index in [4.69, 9.17) is 11.5 Å². The normalized spacial score (nSPS) is 14.4. The summed E-state index contributed by atoms with van der Waals surface area (Å²) in [5.74, 6) is -1.25. The molecule has 7 heteroatoms. The third-order valence-electron chi connectivity index (χ3n) is 1.70. The standard InChI is InChI=1S/C7H16N4O3/c8-4(6(13)14)2-1-3-5(12)11-7(9)10/h4-5,12H,1-3,8H2,(H,13,14)(H4,9,10,11)/p+1/t4-,5?/m0/s1. The van der Waals surface area contributed by atoms with E-state index in [1.165, 1.54) is 0 Å². The second-order valence-corrected chi connectivity index (χ2v) is 3.06. The number of aliphatic carboxylic acids is 1. The van der Waals surface area contributed by atoms with Gasteiger partial charge in [-0.15, -0.1) is 0 Å². The fourth-order valence-electron chi connectivity index (χ4n) is 0.940. The molecule has 0 aliphatic rings. The van der Waals surface area contributed by atoms with Gasteiger partial charge in [0, 0.05) is 12.8 Å². The minimum atomic E-state index is -1.18. The van der Waals surface area contributed by atoms with E-state index in [9.17, 15) is 15.0 Å². The van der Waals surface area contributed by atoms with Crippen LogP contribution in [0.4, 0.5) is 0 Å². The Bertz CT molecular complexity index is 215. The molecular weight excluding hydrogens is 188 g/mol. The van der Waals surface area contributed by atoms with E-state index < -0.39 is 18.2 Å². The van der Waals surface area contributed by atoms with Gasteiger partial charge in [0.25, 0.3) is 0 Å². The molecule has 0 radical (unpaired) electrons. The second-order valence-electron chi connectivity index (χ2n) is 3.06. The molecule has 14 heavy (non-hydrogen) atoms. The molecule has 2 atom stereocenters. The quantitative estimate of drug-likeness (QED) is 0.166. The molecule has 0 aromatic rings. The third kappa shape index (κ3) is 6.21. The minimum absolute atomic E-state index is 0.0661. The summed E-state index contributed by atoms with van der Waals surface area (Å²) in [5, 5.41) is 19.5. The minimum Gasteiger partial charge on any atom is -0.544 e. The predicted octanol–water partition coefficient (Wildman–Crippen LogP) is -5.81. The number of nitrogens with one attached hydrogen (secondary N) is 1. The van der Waals surface area contributed by atoms with E-state index >= 15 is 0 Å². The van der Waals surface area contributed by atoms with Gasteiger partial charge >= 0.3 is 5.96 Å².